The number of aromatic nitrogens is 1. The summed E-state index contributed by atoms with van der Waals surface area (Å²) in [6.07, 6.45) is 6.90. The molecule has 0 radical (unpaired) electrons. The summed E-state index contributed by atoms with van der Waals surface area (Å²) >= 11 is 0. The lowest BCUT2D eigenvalue weighted by Gasteiger charge is -2.13. The molecule has 0 aromatic carbocycles. The van der Waals surface area contributed by atoms with Crippen LogP contribution in [-0.2, 0) is 6.54 Å². The van der Waals surface area contributed by atoms with Crippen molar-refractivity contribution in [2.75, 3.05) is 0 Å². The van der Waals surface area contributed by atoms with Gasteiger partial charge in [-0.15, -0.1) is 0 Å². The molecule has 1 aromatic heterocycles. The van der Waals surface area contributed by atoms with Crippen molar-refractivity contribution in [3.05, 3.63) is 24.0 Å². The molecular formula is C14H26N2. The molecule has 0 aliphatic rings. The van der Waals surface area contributed by atoms with Crippen molar-refractivity contribution in [1.29, 1.82) is 0 Å². The molecule has 0 spiro atoms. The Morgan fingerprint density at radius 2 is 1.94 bits per heavy atom. The fraction of sp³-hybridized carbons (Fsp3) is 0.714. The summed E-state index contributed by atoms with van der Waals surface area (Å²) in [5, 5.41) is 0. The molecule has 0 amide bonds. The highest BCUT2D eigenvalue weighted by Crippen LogP contribution is 2.19. The van der Waals surface area contributed by atoms with Crippen LogP contribution in [0.4, 0.5) is 0 Å². The van der Waals surface area contributed by atoms with Crippen LogP contribution in [0.1, 0.15) is 52.1 Å². The molecule has 0 fully saturated rings. The summed E-state index contributed by atoms with van der Waals surface area (Å²) in [6, 6.07) is 2.33. The average Bonchev–Trinajstić information content (AvgIpc) is 2.64. The Balaban J connectivity index is 2.45. The number of hydrogen-bond donors (Lipinski definition) is 1. The predicted octanol–water partition coefficient (Wildman–Crippen LogP) is 3.58. The molecule has 1 atom stereocenters. The maximum atomic E-state index is 6.11. The van der Waals surface area contributed by atoms with Crippen LogP contribution in [-0.4, -0.2) is 4.57 Å². The van der Waals surface area contributed by atoms with Crippen LogP contribution in [0, 0.1) is 11.8 Å². The quantitative estimate of drug-likeness (QED) is 0.783. The summed E-state index contributed by atoms with van der Waals surface area (Å²) in [7, 11) is 0. The largest absolute Gasteiger partial charge is 0.354 e. The normalized spacial score (nSPS) is 13.7. The van der Waals surface area contributed by atoms with E-state index in [1.807, 2.05) is 0 Å². The van der Waals surface area contributed by atoms with Crippen molar-refractivity contribution in [2.45, 2.75) is 53.1 Å². The highest BCUT2D eigenvalue weighted by atomic mass is 14.9. The van der Waals surface area contributed by atoms with Gasteiger partial charge in [0.05, 0.1) is 0 Å². The van der Waals surface area contributed by atoms with Gasteiger partial charge in [0.1, 0.15) is 0 Å². The second kappa shape index (κ2) is 6.09. The van der Waals surface area contributed by atoms with Gasteiger partial charge in [-0.25, -0.2) is 0 Å². The lowest BCUT2D eigenvalue weighted by Crippen LogP contribution is -2.15. The lowest BCUT2D eigenvalue weighted by atomic mass is 10.00. The van der Waals surface area contributed by atoms with E-state index in [-0.39, 0.29) is 6.04 Å². The Kier molecular flexibility index (Phi) is 5.07. The topological polar surface area (TPSA) is 30.9 Å². The summed E-state index contributed by atoms with van der Waals surface area (Å²) < 4.78 is 2.26. The van der Waals surface area contributed by atoms with Crippen molar-refractivity contribution in [3.8, 4) is 0 Å². The molecule has 16 heavy (non-hydrogen) atoms. The first-order chi connectivity index (χ1) is 7.50. The van der Waals surface area contributed by atoms with Gasteiger partial charge in [0.2, 0.25) is 0 Å². The van der Waals surface area contributed by atoms with Crippen LogP contribution in [0.2, 0.25) is 0 Å². The molecule has 0 saturated carbocycles. The van der Waals surface area contributed by atoms with Gasteiger partial charge in [-0.3, -0.25) is 0 Å². The monoisotopic (exact) mass is 222 g/mol. The Morgan fingerprint density at radius 3 is 2.50 bits per heavy atom. The molecule has 1 heterocycles. The molecule has 1 rings (SSSR count). The average molecular weight is 222 g/mol. The van der Waals surface area contributed by atoms with Crippen molar-refractivity contribution in [3.63, 3.8) is 0 Å². The molecule has 0 saturated heterocycles. The first-order valence-corrected chi connectivity index (χ1v) is 6.42. The Bertz CT molecular complexity index is 299. The SMILES string of the molecule is CC(C)CCCn1ccc(C(N)C(C)C)c1. The zero-order chi connectivity index (χ0) is 12.1. The number of rotatable bonds is 6. The Labute approximate surface area is 99.8 Å². The lowest BCUT2D eigenvalue weighted by molar-refractivity contribution is 0.503. The Morgan fingerprint density at radius 1 is 1.25 bits per heavy atom. The molecule has 0 bridgehead atoms. The second-order valence-electron chi connectivity index (χ2n) is 5.49. The van der Waals surface area contributed by atoms with Gasteiger partial charge in [-0.2, -0.15) is 0 Å². The van der Waals surface area contributed by atoms with E-state index in [9.17, 15) is 0 Å². The summed E-state index contributed by atoms with van der Waals surface area (Å²) in [5.41, 5.74) is 7.38. The van der Waals surface area contributed by atoms with E-state index in [0.717, 1.165) is 12.5 Å². The standard InChI is InChI=1S/C14H26N2/c1-11(2)6-5-8-16-9-7-13(10-16)14(15)12(3)4/h7,9-12,14H,5-6,8,15H2,1-4H3. The number of nitrogens with zero attached hydrogens (tertiary/aromatic N) is 1. The van der Waals surface area contributed by atoms with E-state index in [0.29, 0.717) is 5.92 Å². The summed E-state index contributed by atoms with van der Waals surface area (Å²) in [5.74, 6) is 1.31. The fourth-order valence-electron chi connectivity index (χ4n) is 1.86. The van der Waals surface area contributed by atoms with Crippen LogP contribution in [0.25, 0.3) is 0 Å². The van der Waals surface area contributed by atoms with Crippen molar-refractivity contribution in [2.24, 2.45) is 17.6 Å². The van der Waals surface area contributed by atoms with Gasteiger partial charge in [0.25, 0.3) is 0 Å². The van der Waals surface area contributed by atoms with E-state index in [2.05, 4.69) is 50.7 Å². The van der Waals surface area contributed by atoms with Gasteiger partial charge >= 0.3 is 0 Å². The van der Waals surface area contributed by atoms with Crippen LogP contribution in [0.3, 0.4) is 0 Å². The molecule has 2 heteroatoms. The predicted molar refractivity (Wildman–Crippen MR) is 70.3 cm³/mol. The fourth-order valence-corrected chi connectivity index (χ4v) is 1.86. The van der Waals surface area contributed by atoms with Crippen LogP contribution < -0.4 is 5.73 Å². The molecule has 1 unspecified atom stereocenters. The molecule has 2 N–H and O–H groups in total. The van der Waals surface area contributed by atoms with E-state index in [4.69, 9.17) is 5.73 Å². The summed E-state index contributed by atoms with van der Waals surface area (Å²) in [6.45, 7) is 10.00. The smallest absolute Gasteiger partial charge is 0.0333 e. The minimum atomic E-state index is 0.173. The Hall–Kier alpha value is -0.760. The van der Waals surface area contributed by atoms with Gasteiger partial charge in [-0.05, 0) is 36.3 Å². The minimum Gasteiger partial charge on any atom is -0.354 e. The van der Waals surface area contributed by atoms with E-state index in [1.165, 1.54) is 18.4 Å². The highest BCUT2D eigenvalue weighted by molar-refractivity contribution is 5.15. The third-order valence-electron chi connectivity index (χ3n) is 3.07. The second-order valence-corrected chi connectivity index (χ2v) is 5.49. The zero-order valence-corrected chi connectivity index (χ0v) is 11.1. The van der Waals surface area contributed by atoms with Crippen LogP contribution in [0.5, 0.6) is 0 Å². The first kappa shape index (κ1) is 13.3. The van der Waals surface area contributed by atoms with Crippen molar-refractivity contribution in [1.82, 2.24) is 4.57 Å². The molecule has 1 aromatic rings. The van der Waals surface area contributed by atoms with Gasteiger partial charge in [0, 0.05) is 25.0 Å². The molecule has 2 nitrogen and oxygen atoms in total. The highest BCUT2D eigenvalue weighted by Gasteiger charge is 2.11. The maximum Gasteiger partial charge on any atom is 0.0333 e. The zero-order valence-electron chi connectivity index (χ0n) is 11.1. The van der Waals surface area contributed by atoms with Gasteiger partial charge < -0.3 is 10.3 Å². The number of aryl methyl sites for hydroxylation is 1. The van der Waals surface area contributed by atoms with E-state index in [1.54, 1.807) is 0 Å². The van der Waals surface area contributed by atoms with Crippen LogP contribution >= 0.6 is 0 Å². The summed E-state index contributed by atoms with van der Waals surface area (Å²) in [4.78, 5) is 0. The first-order valence-electron chi connectivity index (χ1n) is 6.42. The maximum absolute atomic E-state index is 6.11. The minimum absolute atomic E-state index is 0.173. The molecule has 92 valence electrons. The third-order valence-corrected chi connectivity index (χ3v) is 3.07. The number of nitrogens with two attached hydrogens (primary N) is 1. The van der Waals surface area contributed by atoms with Gasteiger partial charge in [-0.1, -0.05) is 27.7 Å². The van der Waals surface area contributed by atoms with E-state index >= 15 is 0 Å². The van der Waals surface area contributed by atoms with Crippen molar-refractivity contribution >= 4 is 0 Å². The number of hydrogen-bond acceptors (Lipinski definition) is 1. The van der Waals surface area contributed by atoms with Gasteiger partial charge in [0.15, 0.2) is 0 Å². The van der Waals surface area contributed by atoms with Crippen LogP contribution in [0.15, 0.2) is 18.5 Å². The molecular weight excluding hydrogens is 196 g/mol. The molecule has 0 aliphatic carbocycles. The third kappa shape index (κ3) is 4.01. The molecule has 0 aliphatic heterocycles. The van der Waals surface area contributed by atoms with E-state index < -0.39 is 0 Å². The van der Waals surface area contributed by atoms with Crippen molar-refractivity contribution < 1.29 is 0 Å².